The van der Waals surface area contributed by atoms with Crippen molar-refractivity contribution in [3.63, 3.8) is 0 Å². The summed E-state index contributed by atoms with van der Waals surface area (Å²) in [6.07, 6.45) is 0. The fourth-order valence-corrected chi connectivity index (χ4v) is 1.52. The van der Waals surface area contributed by atoms with E-state index in [0.717, 1.165) is 11.1 Å². The predicted octanol–water partition coefficient (Wildman–Crippen LogP) is 1.68. The minimum atomic E-state index is -0.410. The Labute approximate surface area is 89.0 Å². The highest BCUT2D eigenvalue weighted by Crippen LogP contribution is 2.31. The summed E-state index contributed by atoms with van der Waals surface area (Å²) in [6, 6.07) is 1.74. The SMILES string of the molecule is COC(=O)c1c(C)cc(N)c(C)c1OC. The van der Waals surface area contributed by atoms with Gasteiger partial charge in [0.05, 0.1) is 14.2 Å². The van der Waals surface area contributed by atoms with Gasteiger partial charge in [-0.3, -0.25) is 0 Å². The van der Waals surface area contributed by atoms with Crippen molar-refractivity contribution in [3.05, 3.63) is 22.8 Å². The van der Waals surface area contributed by atoms with Crippen LogP contribution >= 0.6 is 0 Å². The molecule has 0 spiro atoms. The summed E-state index contributed by atoms with van der Waals surface area (Å²) in [5, 5.41) is 0. The van der Waals surface area contributed by atoms with Crippen molar-refractivity contribution in [2.45, 2.75) is 13.8 Å². The molecule has 82 valence electrons. The molecule has 0 saturated carbocycles. The number of rotatable bonds is 2. The predicted molar refractivity (Wildman–Crippen MR) is 58.2 cm³/mol. The maximum Gasteiger partial charge on any atom is 0.341 e. The van der Waals surface area contributed by atoms with E-state index in [4.69, 9.17) is 15.2 Å². The van der Waals surface area contributed by atoms with E-state index in [1.165, 1.54) is 14.2 Å². The minimum absolute atomic E-state index is 0.410. The Balaban J connectivity index is 3.49. The van der Waals surface area contributed by atoms with Crippen LogP contribution in [0.5, 0.6) is 5.75 Å². The molecule has 1 rings (SSSR count). The molecule has 0 saturated heterocycles. The van der Waals surface area contributed by atoms with E-state index in [1.54, 1.807) is 19.9 Å². The van der Waals surface area contributed by atoms with Crippen LogP contribution in [-0.2, 0) is 4.74 Å². The lowest BCUT2D eigenvalue weighted by molar-refractivity contribution is 0.0596. The maximum absolute atomic E-state index is 11.5. The zero-order valence-electron chi connectivity index (χ0n) is 9.38. The van der Waals surface area contributed by atoms with Gasteiger partial charge in [-0.2, -0.15) is 0 Å². The number of aryl methyl sites for hydroxylation is 1. The minimum Gasteiger partial charge on any atom is -0.495 e. The summed E-state index contributed by atoms with van der Waals surface area (Å²) < 4.78 is 9.87. The number of nitrogen functional groups attached to an aromatic ring is 1. The molecule has 0 aromatic heterocycles. The molecule has 0 heterocycles. The van der Waals surface area contributed by atoms with Crippen molar-refractivity contribution in [1.82, 2.24) is 0 Å². The molecule has 2 N–H and O–H groups in total. The molecule has 0 aliphatic carbocycles. The summed E-state index contributed by atoms with van der Waals surface area (Å²) in [6.45, 7) is 3.60. The summed E-state index contributed by atoms with van der Waals surface area (Å²) in [4.78, 5) is 11.5. The second-order valence-corrected chi connectivity index (χ2v) is 3.31. The van der Waals surface area contributed by atoms with E-state index in [1.807, 2.05) is 0 Å². The van der Waals surface area contributed by atoms with E-state index in [0.29, 0.717) is 17.0 Å². The molecule has 4 nitrogen and oxygen atoms in total. The summed E-state index contributed by atoms with van der Waals surface area (Å²) in [7, 11) is 2.85. The van der Waals surface area contributed by atoms with Crippen molar-refractivity contribution in [3.8, 4) is 5.75 Å². The third kappa shape index (κ3) is 1.88. The normalized spacial score (nSPS) is 9.87. The molecule has 0 radical (unpaired) electrons. The van der Waals surface area contributed by atoms with Gasteiger partial charge < -0.3 is 15.2 Å². The third-order valence-corrected chi connectivity index (χ3v) is 2.36. The Morgan fingerprint density at radius 1 is 1.33 bits per heavy atom. The average molecular weight is 209 g/mol. The fraction of sp³-hybridized carbons (Fsp3) is 0.364. The molecular weight excluding hydrogens is 194 g/mol. The van der Waals surface area contributed by atoms with Gasteiger partial charge in [0, 0.05) is 11.3 Å². The Hall–Kier alpha value is -1.71. The van der Waals surface area contributed by atoms with Crippen LogP contribution in [0.3, 0.4) is 0 Å². The van der Waals surface area contributed by atoms with Gasteiger partial charge in [-0.25, -0.2) is 4.79 Å². The van der Waals surface area contributed by atoms with Crippen molar-refractivity contribution < 1.29 is 14.3 Å². The van der Waals surface area contributed by atoms with Crippen molar-refractivity contribution >= 4 is 11.7 Å². The number of esters is 1. The van der Waals surface area contributed by atoms with Crippen LogP contribution in [0.1, 0.15) is 21.5 Å². The van der Waals surface area contributed by atoms with Gasteiger partial charge in [-0.1, -0.05) is 0 Å². The molecule has 0 bridgehead atoms. The standard InChI is InChI=1S/C11H15NO3/c1-6-5-8(12)7(2)10(14-3)9(6)11(13)15-4/h5H,12H2,1-4H3. The molecule has 0 fully saturated rings. The first-order valence-electron chi connectivity index (χ1n) is 4.54. The number of hydrogen-bond donors (Lipinski definition) is 1. The van der Waals surface area contributed by atoms with Crippen LogP contribution in [0.15, 0.2) is 6.07 Å². The third-order valence-electron chi connectivity index (χ3n) is 2.36. The molecule has 0 unspecified atom stereocenters. The van der Waals surface area contributed by atoms with Gasteiger partial charge in [0.1, 0.15) is 11.3 Å². The zero-order valence-corrected chi connectivity index (χ0v) is 9.38. The first-order chi connectivity index (χ1) is 7.02. The van der Waals surface area contributed by atoms with Crippen LogP contribution in [0.25, 0.3) is 0 Å². The Bertz CT molecular complexity index is 399. The molecule has 0 atom stereocenters. The average Bonchev–Trinajstić information content (AvgIpc) is 2.21. The quantitative estimate of drug-likeness (QED) is 0.594. The lowest BCUT2D eigenvalue weighted by Gasteiger charge is -2.14. The second kappa shape index (κ2) is 4.21. The maximum atomic E-state index is 11.5. The Kier molecular flexibility index (Phi) is 3.19. The Morgan fingerprint density at radius 2 is 1.93 bits per heavy atom. The molecule has 1 aromatic carbocycles. The van der Waals surface area contributed by atoms with E-state index < -0.39 is 5.97 Å². The molecular formula is C11H15NO3. The molecule has 4 heteroatoms. The fourth-order valence-electron chi connectivity index (χ4n) is 1.52. The van der Waals surface area contributed by atoms with Crippen molar-refractivity contribution in [2.75, 3.05) is 20.0 Å². The first kappa shape index (κ1) is 11.4. The molecule has 0 aliphatic heterocycles. The van der Waals surface area contributed by atoms with Gasteiger partial charge in [0.15, 0.2) is 0 Å². The highest BCUT2D eigenvalue weighted by molar-refractivity contribution is 5.95. The highest BCUT2D eigenvalue weighted by Gasteiger charge is 2.19. The number of anilines is 1. The smallest absolute Gasteiger partial charge is 0.341 e. The van der Waals surface area contributed by atoms with Crippen LogP contribution in [0.2, 0.25) is 0 Å². The van der Waals surface area contributed by atoms with E-state index in [9.17, 15) is 4.79 Å². The van der Waals surface area contributed by atoms with Crippen LogP contribution in [0.4, 0.5) is 5.69 Å². The molecule has 15 heavy (non-hydrogen) atoms. The lowest BCUT2D eigenvalue weighted by atomic mass is 10.0. The van der Waals surface area contributed by atoms with Crippen LogP contribution in [-0.4, -0.2) is 20.2 Å². The number of ether oxygens (including phenoxy) is 2. The van der Waals surface area contributed by atoms with Crippen LogP contribution < -0.4 is 10.5 Å². The van der Waals surface area contributed by atoms with Gasteiger partial charge >= 0.3 is 5.97 Å². The number of methoxy groups -OCH3 is 2. The number of nitrogens with two attached hydrogens (primary N) is 1. The van der Waals surface area contributed by atoms with Crippen LogP contribution in [0, 0.1) is 13.8 Å². The number of benzene rings is 1. The van der Waals surface area contributed by atoms with E-state index in [2.05, 4.69) is 0 Å². The summed E-state index contributed by atoms with van der Waals surface area (Å²) in [5.74, 6) is 0.0757. The second-order valence-electron chi connectivity index (χ2n) is 3.31. The molecule has 0 aliphatic rings. The van der Waals surface area contributed by atoms with E-state index in [-0.39, 0.29) is 0 Å². The van der Waals surface area contributed by atoms with Gasteiger partial charge in [0.2, 0.25) is 0 Å². The lowest BCUT2D eigenvalue weighted by Crippen LogP contribution is -2.09. The van der Waals surface area contributed by atoms with Crippen molar-refractivity contribution in [1.29, 1.82) is 0 Å². The van der Waals surface area contributed by atoms with Gasteiger partial charge in [0.25, 0.3) is 0 Å². The monoisotopic (exact) mass is 209 g/mol. The summed E-state index contributed by atoms with van der Waals surface area (Å²) in [5.41, 5.74) is 8.33. The Morgan fingerprint density at radius 3 is 2.40 bits per heavy atom. The highest BCUT2D eigenvalue weighted by atomic mass is 16.5. The van der Waals surface area contributed by atoms with Gasteiger partial charge in [-0.05, 0) is 25.5 Å². The number of carbonyl (C=O) groups is 1. The van der Waals surface area contributed by atoms with Gasteiger partial charge in [-0.15, -0.1) is 0 Å². The topological polar surface area (TPSA) is 61.5 Å². The molecule has 0 amide bonds. The largest absolute Gasteiger partial charge is 0.495 e. The summed E-state index contributed by atoms with van der Waals surface area (Å²) >= 11 is 0. The number of carbonyl (C=O) groups excluding carboxylic acids is 1. The van der Waals surface area contributed by atoms with Crippen molar-refractivity contribution in [2.24, 2.45) is 0 Å². The number of hydrogen-bond acceptors (Lipinski definition) is 4. The molecule has 1 aromatic rings. The zero-order chi connectivity index (χ0) is 11.6. The first-order valence-corrected chi connectivity index (χ1v) is 4.54. The van der Waals surface area contributed by atoms with E-state index >= 15 is 0 Å².